The van der Waals surface area contributed by atoms with E-state index in [4.69, 9.17) is 5.11 Å². The number of hydrogen-bond acceptors (Lipinski definition) is 1. The van der Waals surface area contributed by atoms with Gasteiger partial charge in [0.25, 0.3) is 0 Å². The molecule has 1 nitrogen and oxygen atoms in total. The standard InChI is InChI=1S/C14H26O/c1-2-3-4-5-6-7-8-9-10-11-12-13-14-15/h5-6,10-11,15H,2-4,7-9,12-14H2,1H3/b6-5-,11-10+. The molecule has 0 aliphatic carbocycles. The highest BCUT2D eigenvalue weighted by atomic mass is 16.2. The number of unbranched alkanes of at least 4 members (excludes halogenated alkanes) is 5. The van der Waals surface area contributed by atoms with E-state index in [1.54, 1.807) is 0 Å². The van der Waals surface area contributed by atoms with Crippen LogP contribution in [-0.2, 0) is 0 Å². The maximum absolute atomic E-state index is 8.57. The molecule has 0 spiro atoms. The Morgan fingerprint density at radius 3 is 1.67 bits per heavy atom. The van der Waals surface area contributed by atoms with Gasteiger partial charge in [-0.15, -0.1) is 0 Å². The van der Waals surface area contributed by atoms with Crippen molar-refractivity contribution in [3.05, 3.63) is 24.3 Å². The van der Waals surface area contributed by atoms with Gasteiger partial charge in [0.05, 0.1) is 0 Å². The van der Waals surface area contributed by atoms with E-state index in [0.717, 1.165) is 12.8 Å². The van der Waals surface area contributed by atoms with Gasteiger partial charge in [0.2, 0.25) is 0 Å². The fraction of sp³-hybridized carbons (Fsp3) is 0.714. The van der Waals surface area contributed by atoms with Crippen LogP contribution in [0.1, 0.15) is 58.3 Å². The molecule has 0 radical (unpaired) electrons. The topological polar surface area (TPSA) is 20.2 Å². The van der Waals surface area contributed by atoms with Crippen LogP contribution >= 0.6 is 0 Å². The van der Waals surface area contributed by atoms with Gasteiger partial charge >= 0.3 is 0 Å². The molecule has 1 N–H and O–H groups in total. The van der Waals surface area contributed by atoms with Crippen LogP contribution in [0.2, 0.25) is 0 Å². The van der Waals surface area contributed by atoms with Gasteiger partial charge < -0.3 is 5.11 Å². The highest BCUT2D eigenvalue weighted by Gasteiger charge is 1.82. The van der Waals surface area contributed by atoms with Crippen molar-refractivity contribution in [2.75, 3.05) is 6.61 Å². The number of hydrogen-bond donors (Lipinski definition) is 1. The average molecular weight is 210 g/mol. The fourth-order valence-electron chi connectivity index (χ4n) is 1.36. The van der Waals surface area contributed by atoms with E-state index in [0.29, 0.717) is 6.61 Å². The third-order valence-corrected chi connectivity index (χ3v) is 2.33. The van der Waals surface area contributed by atoms with E-state index < -0.39 is 0 Å². The summed E-state index contributed by atoms with van der Waals surface area (Å²) in [6.07, 6.45) is 18.4. The average Bonchev–Trinajstić information content (AvgIpc) is 2.26. The molecule has 15 heavy (non-hydrogen) atoms. The molecule has 0 aromatic rings. The van der Waals surface area contributed by atoms with E-state index in [9.17, 15) is 0 Å². The molecular weight excluding hydrogens is 184 g/mol. The Balaban J connectivity index is 3.10. The largest absolute Gasteiger partial charge is 0.396 e. The number of aliphatic hydroxyl groups excluding tert-OH is 1. The second kappa shape index (κ2) is 13.4. The minimum Gasteiger partial charge on any atom is -0.396 e. The third-order valence-electron chi connectivity index (χ3n) is 2.33. The van der Waals surface area contributed by atoms with Crippen molar-refractivity contribution in [1.82, 2.24) is 0 Å². The first kappa shape index (κ1) is 14.4. The van der Waals surface area contributed by atoms with Crippen molar-refractivity contribution in [3.8, 4) is 0 Å². The van der Waals surface area contributed by atoms with Gasteiger partial charge in [0.15, 0.2) is 0 Å². The maximum Gasteiger partial charge on any atom is 0.0433 e. The quantitative estimate of drug-likeness (QED) is 0.422. The second-order valence-corrected chi connectivity index (χ2v) is 3.88. The minimum atomic E-state index is 0.310. The van der Waals surface area contributed by atoms with E-state index in [1.165, 1.54) is 38.5 Å². The molecule has 0 aliphatic heterocycles. The molecule has 0 fully saturated rings. The van der Waals surface area contributed by atoms with E-state index in [1.807, 2.05) is 0 Å². The Hall–Kier alpha value is -0.560. The highest BCUT2D eigenvalue weighted by Crippen LogP contribution is 2.02. The zero-order valence-corrected chi connectivity index (χ0v) is 10.1. The smallest absolute Gasteiger partial charge is 0.0433 e. The van der Waals surface area contributed by atoms with Gasteiger partial charge in [0, 0.05) is 6.61 Å². The van der Waals surface area contributed by atoms with Gasteiger partial charge in [0.1, 0.15) is 0 Å². The molecular formula is C14H26O. The predicted molar refractivity (Wildman–Crippen MR) is 68.0 cm³/mol. The van der Waals surface area contributed by atoms with Crippen LogP contribution in [0, 0.1) is 0 Å². The normalized spacial score (nSPS) is 11.9. The van der Waals surface area contributed by atoms with Gasteiger partial charge in [-0.25, -0.2) is 0 Å². The van der Waals surface area contributed by atoms with Crippen molar-refractivity contribution in [3.63, 3.8) is 0 Å². The molecule has 0 aromatic heterocycles. The Labute approximate surface area is 94.9 Å². The molecule has 0 amide bonds. The maximum atomic E-state index is 8.57. The van der Waals surface area contributed by atoms with E-state index >= 15 is 0 Å². The number of allylic oxidation sites excluding steroid dienone is 4. The fourth-order valence-corrected chi connectivity index (χ4v) is 1.36. The monoisotopic (exact) mass is 210 g/mol. The van der Waals surface area contributed by atoms with Gasteiger partial charge in [-0.1, -0.05) is 44.1 Å². The molecule has 0 rings (SSSR count). The van der Waals surface area contributed by atoms with Crippen LogP contribution in [-0.4, -0.2) is 11.7 Å². The highest BCUT2D eigenvalue weighted by molar-refractivity contribution is 4.85. The van der Waals surface area contributed by atoms with E-state index in [-0.39, 0.29) is 0 Å². The predicted octanol–water partition coefficient (Wildman–Crippen LogP) is 4.23. The van der Waals surface area contributed by atoms with Gasteiger partial charge in [-0.2, -0.15) is 0 Å². The Bertz CT molecular complexity index is 141. The molecule has 0 unspecified atom stereocenters. The lowest BCUT2D eigenvalue weighted by Gasteiger charge is -1.92. The van der Waals surface area contributed by atoms with E-state index in [2.05, 4.69) is 31.2 Å². The first-order valence-electron chi connectivity index (χ1n) is 6.32. The van der Waals surface area contributed by atoms with Gasteiger partial charge in [-0.3, -0.25) is 0 Å². The summed E-state index contributed by atoms with van der Waals surface area (Å²) in [6.45, 7) is 2.54. The molecule has 1 heteroatoms. The summed E-state index contributed by atoms with van der Waals surface area (Å²) < 4.78 is 0. The second-order valence-electron chi connectivity index (χ2n) is 3.88. The Morgan fingerprint density at radius 2 is 1.20 bits per heavy atom. The summed E-state index contributed by atoms with van der Waals surface area (Å²) in [5, 5.41) is 8.57. The lowest BCUT2D eigenvalue weighted by atomic mass is 10.2. The molecule has 0 aliphatic rings. The Kier molecular flexibility index (Phi) is 12.9. The number of rotatable bonds is 10. The zero-order valence-electron chi connectivity index (χ0n) is 10.1. The van der Waals surface area contributed by atoms with Crippen LogP contribution < -0.4 is 0 Å². The molecule has 0 bridgehead atoms. The molecule has 0 aromatic carbocycles. The summed E-state index contributed by atoms with van der Waals surface area (Å²) in [6, 6.07) is 0. The molecule has 0 atom stereocenters. The van der Waals surface area contributed by atoms with Crippen LogP contribution in [0.3, 0.4) is 0 Å². The van der Waals surface area contributed by atoms with Crippen LogP contribution in [0.4, 0.5) is 0 Å². The van der Waals surface area contributed by atoms with Crippen molar-refractivity contribution in [2.24, 2.45) is 0 Å². The SMILES string of the molecule is CCCC/C=C\CCC/C=C/CCCO. The number of aliphatic hydroxyl groups is 1. The lowest BCUT2D eigenvalue weighted by molar-refractivity contribution is 0.289. The summed E-state index contributed by atoms with van der Waals surface area (Å²) >= 11 is 0. The lowest BCUT2D eigenvalue weighted by Crippen LogP contribution is -1.78. The third kappa shape index (κ3) is 13.4. The molecule has 0 saturated heterocycles. The minimum absolute atomic E-state index is 0.310. The van der Waals surface area contributed by atoms with Gasteiger partial charge in [-0.05, 0) is 38.5 Å². The molecule has 88 valence electrons. The zero-order chi connectivity index (χ0) is 11.2. The first-order valence-corrected chi connectivity index (χ1v) is 6.32. The Morgan fingerprint density at radius 1 is 0.733 bits per heavy atom. The van der Waals surface area contributed by atoms with Crippen molar-refractivity contribution in [1.29, 1.82) is 0 Å². The van der Waals surface area contributed by atoms with Crippen LogP contribution in [0.5, 0.6) is 0 Å². The summed E-state index contributed by atoms with van der Waals surface area (Å²) in [5.74, 6) is 0. The van der Waals surface area contributed by atoms with Crippen LogP contribution in [0.25, 0.3) is 0 Å². The first-order chi connectivity index (χ1) is 7.41. The van der Waals surface area contributed by atoms with Crippen molar-refractivity contribution < 1.29 is 5.11 Å². The van der Waals surface area contributed by atoms with Crippen molar-refractivity contribution in [2.45, 2.75) is 58.3 Å². The van der Waals surface area contributed by atoms with Crippen molar-refractivity contribution >= 4 is 0 Å². The summed E-state index contributed by atoms with van der Waals surface area (Å²) in [7, 11) is 0. The summed E-state index contributed by atoms with van der Waals surface area (Å²) in [4.78, 5) is 0. The molecule has 0 saturated carbocycles. The molecule has 0 heterocycles. The van der Waals surface area contributed by atoms with Crippen LogP contribution in [0.15, 0.2) is 24.3 Å². The summed E-state index contributed by atoms with van der Waals surface area (Å²) in [5.41, 5.74) is 0.